The Kier molecular flexibility index (Phi) is 13.1. The lowest BCUT2D eigenvalue weighted by atomic mass is 9.81. The number of rotatable bonds is 5. The van der Waals surface area contributed by atoms with Crippen molar-refractivity contribution in [2.24, 2.45) is 0 Å². The monoisotopic (exact) mass is 822 g/mol. The SMILES string of the molecule is CC.Cc1ccc(-c2ccc(F)c(F)c2)cc1C1=C(O)C(C)(C)OC(C)(C)C1=O.Cc1ccc(-c2ccccc2OC(F)(F)F)cc1C1=C(O)C(C)(C)OC(C)(C)C1=O. The van der Waals surface area contributed by atoms with Crippen molar-refractivity contribution in [3.8, 4) is 28.0 Å². The number of aliphatic hydroxyl groups excluding tert-OH is 2. The number of halogens is 5. The van der Waals surface area contributed by atoms with Gasteiger partial charge in [-0.2, -0.15) is 0 Å². The van der Waals surface area contributed by atoms with E-state index in [1.807, 2.05) is 20.8 Å². The third-order valence-corrected chi connectivity index (χ3v) is 9.87. The van der Waals surface area contributed by atoms with Gasteiger partial charge in [-0.1, -0.05) is 62.4 Å². The van der Waals surface area contributed by atoms with E-state index >= 15 is 0 Å². The molecular weight excluding hydrogens is 772 g/mol. The van der Waals surface area contributed by atoms with Crippen LogP contribution in [0.1, 0.15) is 91.5 Å². The number of aliphatic hydroxyl groups is 2. The van der Waals surface area contributed by atoms with Crippen LogP contribution in [-0.4, -0.2) is 50.5 Å². The van der Waals surface area contributed by atoms with Crippen LogP contribution in [-0.2, 0) is 19.1 Å². The van der Waals surface area contributed by atoms with Gasteiger partial charge in [-0.05, 0) is 139 Å². The van der Waals surface area contributed by atoms with Gasteiger partial charge in [0.1, 0.15) is 39.7 Å². The summed E-state index contributed by atoms with van der Waals surface area (Å²) in [5.74, 6) is -3.30. The van der Waals surface area contributed by atoms with E-state index in [-0.39, 0.29) is 39.8 Å². The second kappa shape index (κ2) is 16.7. The first-order valence-electron chi connectivity index (χ1n) is 19.1. The zero-order chi connectivity index (χ0) is 44.6. The summed E-state index contributed by atoms with van der Waals surface area (Å²) in [7, 11) is 0. The van der Waals surface area contributed by atoms with Crippen molar-refractivity contribution in [2.75, 3.05) is 0 Å². The molecule has 0 spiro atoms. The van der Waals surface area contributed by atoms with Crippen molar-refractivity contribution >= 4 is 22.7 Å². The highest BCUT2D eigenvalue weighted by Gasteiger charge is 2.48. The number of Topliss-reactive ketones (excluding diaryl/α,β-unsaturated/α-hetero) is 2. The Balaban J connectivity index is 0.000000251. The van der Waals surface area contributed by atoms with Gasteiger partial charge in [0.2, 0.25) is 0 Å². The molecule has 0 radical (unpaired) electrons. The Labute approximate surface area is 342 Å². The molecule has 2 aliphatic rings. The van der Waals surface area contributed by atoms with Crippen LogP contribution >= 0.6 is 0 Å². The fourth-order valence-corrected chi connectivity index (χ4v) is 7.11. The third-order valence-electron chi connectivity index (χ3n) is 9.87. The first-order chi connectivity index (χ1) is 27.2. The highest BCUT2D eigenvalue weighted by Crippen LogP contribution is 2.44. The fourth-order valence-electron chi connectivity index (χ4n) is 7.11. The summed E-state index contributed by atoms with van der Waals surface area (Å²) < 4.78 is 81.0. The summed E-state index contributed by atoms with van der Waals surface area (Å²) in [5.41, 5.74) is 0.0663. The maximum absolute atomic E-state index is 13.6. The lowest BCUT2D eigenvalue weighted by molar-refractivity contribution is -0.274. The van der Waals surface area contributed by atoms with Crippen LogP contribution in [0.4, 0.5) is 22.0 Å². The minimum absolute atomic E-state index is 0.102. The smallest absolute Gasteiger partial charge is 0.508 e. The van der Waals surface area contributed by atoms with Gasteiger partial charge >= 0.3 is 6.36 Å². The summed E-state index contributed by atoms with van der Waals surface area (Å²) in [6, 6.07) is 19.6. The summed E-state index contributed by atoms with van der Waals surface area (Å²) >= 11 is 0. The number of para-hydroxylation sites is 1. The number of carbonyl (C=O) groups excluding carboxylic acids is 2. The van der Waals surface area contributed by atoms with Crippen LogP contribution < -0.4 is 4.74 Å². The molecule has 0 amide bonds. The normalized spacial score (nSPS) is 18.1. The molecule has 0 unspecified atom stereocenters. The van der Waals surface area contributed by atoms with Gasteiger partial charge in [-0.15, -0.1) is 13.2 Å². The average Bonchev–Trinajstić information content (AvgIpc) is 3.13. The summed E-state index contributed by atoms with van der Waals surface area (Å²) in [6.45, 7) is 20.9. The molecule has 0 saturated carbocycles. The summed E-state index contributed by atoms with van der Waals surface area (Å²) in [6.07, 6.45) is -4.84. The van der Waals surface area contributed by atoms with Gasteiger partial charge in [0.25, 0.3) is 0 Å². The van der Waals surface area contributed by atoms with Crippen LogP contribution in [0.25, 0.3) is 33.4 Å². The molecule has 4 aromatic rings. The molecule has 0 aliphatic carbocycles. The molecule has 0 aromatic heterocycles. The first kappa shape index (κ1) is 46.4. The van der Waals surface area contributed by atoms with E-state index in [4.69, 9.17) is 9.47 Å². The highest BCUT2D eigenvalue weighted by atomic mass is 19.4. The van der Waals surface area contributed by atoms with Gasteiger partial charge in [0.05, 0.1) is 11.1 Å². The predicted molar refractivity (Wildman–Crippen MR) is 219 cm³/mol. The number of alkyl halides is 3. The van der Waals surface area contributed by atoms with E-state index in [0.717, 1.165) is 17.7 Å². The Hall–Kier alpha value is -5.33. The van der Waals surface area contributed by atoms with Crippen LogP contribution in [0.2, 0.25) is 0 Å². The van der Waals surface area contributed by atoms with Crippen molar-refractivity contribution in [1.82, 2.24) is 0 Å². The summed E-state index contributed by atoms with van der Waals surface area (Å²) in [5, 5.41) is 21.5. The van der Waals surface area contributed by atoms with E-state index in [1.54, 1.807) is 105 Å². The molecule has 2 heterocycles. The zero-order valence-electron chi connectivity index (χ0n) is 35.3. The average molecular weight is 823 g/mol. The van der Waals surface area contributed by atoms with E-state index in [2.05, 4.69) is 4.74 Å². The standard InChI is InChI=1S/C23H23F3O4.C22H22F2O3.C2H6/c1-13-10-11-14(15-8-6-7-9-17(15)29-23(24,25)26)12-16(13)18-19(27)21(2,3)30-22(4,5)20(18)28;1-12-6-7-13(14-8-9-16(23)17(24)11-14)10-15(12)18-19(25)21(2,3)27-22(4,5)20(18)26;1-2/h6-12,27H,1-5H3;6-11,25H,1-5H3;1-2H3. The van der Waals surface area contributed by atoms with Crippen molar-refractivity contribution in [3.05, 3.63) is 124 Å². The molecule has 59 heavy (non-hydrogen) atoms. The first-order valence-corrected chi connectivity index (χ1v) is 19.1. The Morgan fingerprint density at radius 2 is 0.949 bits per heavy atom. The van der Waals surface area contributed by atoms with Gasteiger partial charge in [0, 0.05) is 5.56 Å². The molecule has 0 atom stereocenters. The number of ether oxygens (including phenoxy) is 3. The molecular formula is C47H51F5O7. The minimum atomic E-state index is -4.84. The Bertz CT molecular complexity index is 2330. The van der Waals surface area contributed by atoms with Crippen LogP contribution in [0, 0.1) is 25.5 Å². The lowest BCUT2D eigenvalue weighted by Crippen LogP contribution is -2.49. The topological polar surface area (TPSA) is 102 Å². The third kappa shape index (κ3) is 9.77. The molecule has 316 valence electrons. The van der Waals surface area contributed by atoms with Crippen molar-refractivity contribution in [3.63, 3.8) is 0 Å². The van der Waals surface area contributed by atoms with E-state index in [1.165, 1.54) is 24.3 Å². The van der Waals surface area contributed by atoms with Gasteiger partial charge < -0.3 is 24.4 Å². The number of ketones is 2. The molecule has 2 aliphatic heterocycles. The van der Waals surface area contributed by atoms with Crippen LogP contribution in [0.5, 0.6) is 5.75 Å². The maximum Gasteiger partial charge on any atom is 0.573 e. The molecule has 0 fully saturated rings. The molecule has 2 N–H and O–H groups in total. The van der Waals surface area contributed by atoms with Gasteiger partial charge in [0.15, 0.2) is 23.2 Å². The zero-order valence-corrected chi connectivity index (χ0v) is 35.3. The largest absolute Gasteiger partial charge is 0.573 e. The number of aryl methyl sites for hydroxylation is 2. The number of hydrogen-bond acceptors (Lipinski definition) is 7. The van der Waals surface area contributed by atoms with Gasteiger partial charge in [-0.25, -0.2) is 8.78 Å². The molecule has 4 aromatic carbocycles. The number of benzene rings is 4. The molecule has 0 saturated heterocycles. The minimum Gasteiger partial charge on any atom is -0.508 e. The molecule has 6 rings (SSSR count). The van der Waals surface area contributed by atoms with E-state index in [9.17, 15) is 41.8 Å². The molecule has 0 bridgehead atoms. The highest BCUT2D eigenvalue weighted by molar-refractivity contribution is 6.27. The summed E-state index contributed by atoms with van der Waals surface area (Å²) in [4.78, 5) is 26.1. The molecule has 12 heteroatoms. The maximum atomic E-state index is 13.6. The van der Waals surface area contributed by atoms with Crippen molar-refractivity contribution < 1.29 is 56.0 Å². The van der Waals surface area contributed by atoms with Gasteiger partial charge in [-0.3, -0.25) is 9.59 Å². The van der Waals surface area contributed by atoms with Crippen LogP contribution in [0.15, 0.2) is 90.4 Å². The lowest BCUT2D eigenvalue weighted by Gasteiger charge is -2.40. The second-order valence-electron chi connectivity index (χ2n) is 16.1. The van der Waals surface area contributed by atoms with E-state index in [0.29, 0.717) is 33.4 Å². The Morgan fingerprint density at radius 1 is 0.542 bits per heavy atom. The predicted octanol–water partition coefficient (Wildman–Crippen LogP) is 12.4. The molecule has 7 nitrogen and oxygen atoms in total. The van der Waals surface area contributed by atoms with Crippen molar-refractivity contribution in [2.45, 2.75) is 112 Å². The number of hydrogen-bond donors (Lipinski definition) is 2. The van der Waals surface area contributed by atoms with Crippen molar-refractivity contribution in [1.29, 1.82) is 0 Å². The number of carbonyl (C=O) groups is 2. The fraction of sp³-hybridized carbons (Fsp3) is 0.362. The van der Waals surface area contributed by atoms with Crippen LogP contribution in [0.3, 0.4) is 0 Å². The Morgan fingerprint density at radius 3 is 1.41 bits per heavy atom. The quantitative estimate of drug-likeness (QED) is 0.193. The van der Waals surface area contributed by atoms with E-state index < -0.39 is 46.2 Å². The second-order valence-corrected chi connectivity index (χ2v) is 16.1.